The van der Waals surface area contributed by atoms with Crippen LogP contribution in [0.3, 0.4) is 0 Å². The molecular weight excluding hydrogens is 352 g/mol. The summed E-state index contributed by atoms with van der Waals surface area (Å²) in [6, 6.07) is 16.3. The van der Waals surface area contributed by atoms with Gasteiger partial charge in [-0.05, 0) is 42.2 Å². The van der Waals surface area contributed by atoms with E-state index in [9.17, 15) is 4.79 Å². The Kier molecular flexibility index (Phi) is 8.34. The van der Waals surface area contributed by atoms with Gasteiger partial charge in [-0.3, -0.25) is 4.79 Å². The molecule has 150 valence electrons. The summed E-state index contributed by atoms with van der Waals surface area (Å²) >= 11 is 0. The van der Waals surface area contributed by atoms with Gasteiger partial charge in [-0.2, -0.15) is 0 Å². The van der Waals surface area contributed by atoms with Crippen molar-refractivity contribution in [1.29, 1.82) is 0 Å². The molecule has 0 saturated carbocycles. The Balaban J connectivity index is 2.02. The van der Waals surface area contributed by atoms with Crippen molar-refractivity contribution in [3.63, 3.8) is 0 Å². The fourth-order valence-corrected chi connectivity index (χ4v) is 2.67. The van der Waals surface area contributed by atoms with Crippen LogP contribution in [0.15, 0.2) is 53.5 Å². The van der Waals surface area contributed by atoms with Crippen LogP contribution in [-0.4, -0.2) is 51.1 Å². The van der Waals surface area contributed by atoms with Crippen LogP contribution in [-0.2, 0) is 17.8 Å². The third-order valence-corrected chi connectivity index (χ3v) is 4.22. The van der Waals surface area contributed by atoms with Gasteiger partial charge in [0.15, 0.2) is 5.96 Å². The van der Waals surface area contributed by atoms with Crippen LogP contribution in [0.5, 0.6) is 5.75 Å². The van der Waals surface area contributed by atoms with E-state index in [1.54, 1.807) is 26.1 Å². The van der Waals surface area contributed by atoms with Crippen molar-refractivity contribution < 1.29 is 9.53 Å². The van der Waals surface area contributed by atoms with E-state index in [2.05, 4.69) is 33.8 Å². The number of ether oxygens (including phenoxy) is 1. The fourth-order valence-electron chi connectivity index (χ4n) is 2.67. The lowest BCUT2D eigenvalue weighted by Crippen LogP contribution is -2.43. The van der Waals surface area contributed by atoms with Gasteiger partial charge in [0, 0.05) is 20.6 Å². The standard InChI is InChI=1S/C22H30N4O2/c1-17-12-19(14-20(13-17)28-4)15-24-22(25-16-21(27)26(2)3)23-11-10-18-8-6-5-7-9-18/h5-9,12-14H,10-11,15-16H2,1-4H3,(H2,23,24,25). The summed E-state index contributed by atoms with van der Waals surface area (Å²) in [5.41, 5.74) is 3.43. The van der Waals surface area contributed by atoms with Crippen LogP contribution >= 0.6 is 0 Å². The van der Waals surface area contributed by atoms with Gasteiger partial charge in [0.25, 0.3) is 0 Å². The summed E-state index contributed by atoms with van der Waals surface area (Å²) in [6.07, 6.45) is 0.876. The molecule has 6 nitrogen and oxygen atoms in total. The molecule has 0 heterocycles. The highest BCUT2D eigenvalue weighted by atomic mass is 16.5. The Labute approximate surface area is 167 Å². The number of guanidine groups is 1. The summed E-state index contributed by atoms with van der Waals surface area (Å²) < 4.78 is 5.33. The second kappa shape index (κ2) is 11.0. The Morgan fingerprint density at radius 1 is 1.07 bits per heavy atom. The monoisotopic (exact) mass is 382 g/mol. The summed E-state index contributed by atoms with van der Waals surface area (Å²) in [6.45, 7) is 3.45. The van der Waals surface area contributed by atoms with E-state index in [0.717, 1.165) is 29.8 Å². The number of hydrogen-bond acceptors (Lipinski definition) is 3. The third kappa shape index (κ3) is 7.31. The number of carbonyl (C=O) groups is 1. The molecule has 2 rings (SSSR count). The SMILES string of the molecule is COc1cc(C)cc(CN=C(NCCc2ccccc2)NCC(=O)N(C)C)c1. The smallest absolute Gasteiger partial charge is 0.241 e. The zero-order valence-electron chi connectivity index (χ0n) is 17.2. The minimum Gasteiger partial charge on any atom is -0.497 e. The number of benzene rings is 2. The third-order valence-electron chi connectivity index (χ3n) is 4.22. The number of amides is 1. The van der Waals surface area contributed by atoms with E-state index in [0.29, 0.717) is 12.5 Å². The lowest BCUT2D eigenvalue weighted by atomic mass is 10.1. The highest BCUT2D eigenvalue weighted by molar-refractivity contribution is 5.86. The first-order chi connectivity index (χ1) is 13.5. The number of nitrogens with zero attached hydrogens (tertiary/aromatic N) is 2. The molecule has 0 atom stereocenters. The van der Waals surface area contributed by atoms with Gasteiger partial charge < -0.3 is 20.3 Å². The zero-order chi connectivity index (χ0) is 20.4. The first-order valence-corrected chi connectivity index (χ1v) is 9.38. The van der Waals surface area contributed by atoms with E-state index >= 15 is 0 Å². The van der Waals surface area contributed by atoms with E-state index in [1.165, 1.54) is 5.56 Å². The molecular formula is C22H30N4O2. The molecule has 2 aromatic carbocycles. The van der Waals surface area contributed by atoms with E-state index < -0.39 is 0 Å². The van der Waals surface area contributed by atoms with Crippen molar-refractivity contribution in [3.8, 4) is 5.75 Å². The molecule has 0 unspecified atom stereocenters. The highest BCUT2D eigenvalue weighted by Gasteiger charge is 2.06. The van der Waals surface area contributed by atoms with Crippen LogP contribution in [0.2, 0.25) is 0 Å². The van der Waals surface area contributed by atoms with Crippen molar-refractivity contribution >= 4 is 11.9 Å². The van der Waals surface area contributed by atoms with Crippen LogP contribution < -0.4 is 15.4 Å². The quantitative estimate of drug-likeness (QED) is 0.543. The number of rotatable bonds is 8. The number of nitrogens with one attached hydrogen (secondary N) is 2. The first kappa shape index (κ1) is 21.3. The van der Waals surface area contributed by atoms with Crippen molar-refractivity contribution in [2.75, 3.05) is 34.3 Å². The van der Waals surface area contributed by atoms with Crippen molar-refractivity contribution in [3.05, 3.63) is 65.2 Å². The van der Waals surface area contributed by atoms with Crippen LogP contribution in [0.1, 0.15) is 16.7 Å². The highest BCUT2D eigenvalue weighted by Crippen LogP contribution is 2.17. The predicted octanol–water partition coefficient (Wildman–Crippen LogP) is 2.37. The summed E-state index contributed by atoms with van der Waals surface area (Å²) in [5, 5.41) is 6.43. The Hall–Kier alpha value is -3.02. The number of aryl methyl sites for hydroxylation is 1. The Morgan fingerprint density at radius 3 is 2.50 bits per heavy atom. The average Bonchev–Trinajstić information content (AvgIpc) is 2.69. The molecule has 6 heteroatoms. The van der Waals surface area contributed by atoms with E-state index in [1.807, 2.05) is 37.3 Å². The minimum atomic E-state index is -0.00483. The topological polar surface area (TPSA) is 66.0 Å². The van der Waals surface area contributed by atoms with Crippen LogP contribution in [0.4, 0.5) is 0 Å². The minimum absolute atomic E-state index is 0.00483. The first-order valence-electron chi connectivity index (χ1n) is 9.38. The van der Waals surface area contributed by atoms with Gasteiger partial charge in [0.05, 0.1) is 20.2 Å². The molecule has 28 heavy (non-hydrogen) atoms. The lowest BCUT2D eigenvalue weighted by Gasteiger charge is -2.15. The Morgan fingerprint density at radius 2 is 1.82 bits per heavy atom. The second-order valence-electron chi connectivity index (χ2n) is 6.83. The van der Waals surface area contributed by atoms with Crippen LogP contribution in [0, 0.1) is 6.92 Å². The fraction of sp³-hybridized carbons (Fsp3) is 0.364. The maximum atomic E-state index is 11.9. The van der Waals surface area contributed by atoms with Gasteiger partial charge >= 0.3 is 0 Å². The maximum Gasteiger partial charge on any atom is 0.241 e. The molecule has 0 bridgehead atoms. The maximum absolute atomic E-state index is 11.9. The largest absolute Gasteiger partial charge is 0.497 e. The number of methoxy groups -OCH3 is 1. The molecule has 0 spiro atoms. The second-order valence-corrected chi connectivity index (χ2v) is 6.83. The normalized spacial score (nSPS) is 11.1. The number of aliphatic imine (C=N–C) groups is 1. The number of likely N-dealkylation sites (N-methyl/N-ethyl adjacent to an activating group) is 1. The molecule has 0 aliphatic heterocycles. The van der Waals surface area contributed by atoms with Gasteiger partial charge in [-0.15, -0.1) is 0 Å². The van der Waals surface area contributed by atoms with Crippen LogP contribution in [0.25, 0.3) is 0 Å². The molecule has 0 aliphatic carbocycles. The number of carbonyl (C=O) groups excluding carboxylic acids is 1. The Bertz CT molecular complexity index is 788. The molecule has 0 radical (unpaired) electrons. The molecule has 2 N–H and O–H groups in total. The van der Waals surface area contributed by atoms with Gasteiger partial charge in [0.2, 0.25) is 5.91 Å². The van der Waals surface area contributed by atoms with E-state index in [4.69, 9.17) is 4.74 Å². The van der Waals surface area contributed by atoms with Gasteiger partial charge in [-0.25, -0.2) is 4.99 Å². The van der Waals surface area contributed by atoms with Crippen molar-refractivity contribution in [2.24, 2.45) is 4.99 Å². The summed E-state index contributed by atoms with van der Waals surface area (Å²) in [5.74, 6) is 1.43. The number of hydrogen-bond donors (Lipinski definition) is 2. The van der Waals surface area contributed by atoms with Gasteiger partial charge in [0.1, 0.15) is 5.75 Å². The molecule has 0 fully saturated rings. The summed E-state index contributed by atoms with van der Waals surface area (Å²) in [7, 11) is 5.14. The van der Waals surface area contributed by atoms with Gasteiger partial charge in [-0.1, -0.05) is 36.4 Å². The zero-order valence-corrected chi connectivity index (χ0v) is 17.2. The molecule has 0 aliphatic rings. The van der Waals surface area contributed by atoms with Crippen molar-refractivity contribution in [1.82, 2.24) is 15.5 Å². The molecule has 0 saturated heterocycles. The lowest BCUT2D eigenvalue weighted by molar-refractivity contribution is -0.127. The molecule has 0 aromatic heterocycles. The summed E-state index contributed by atoms with van der Waals surface area (Å²) in [4.78, 5) is 18.1. The molecule has 2 aromatic rings. The molecule has 1 amide bonds. The average molecular weight is 383 g/mol. The predicted molar refractivity (Wildman–Crippen MR) is 114 cm³/mol. The van der Waals surface area contributed by atoms with E-state index in [-0.39, 0.29) is 12.5 Å². The van der Waals surface area contributed by atoms with Crippen molar-refractivity contribution in [2.45, 2.75) is 19.9 Å².